The van der Waals surface area contributed by atoms with Gasteiger partial charge in [-0.3, -0.25) is 14.8 Å². The second kappa shape index (κ2) is 8.02. The van der Waals surface area contributed by atoms with Crippen molar-refractivity contribution in [2.45, 2.75) is 18.9 Å². The van der Waals surface area contributed by atoms with E-state index in [1.54, 1.807) is 12.4 Å². The summed E-state index contributed by atoms with van der Waals surface area (Å²) in [5, 5.41) is 2.99. The Labute approximate surface area is 141 Å². The van der Waals surface area contributed by atoms with Crippen molar-refractivity contribution in [1.29, 1.82) is 0 Å². The Bertz CT molecular complexity index is 761. The van der Waals surface area contributed by atoms with Gasteiger partial charge in [-0.05, 0) is 29.8 Å². The number of aromatic nitrogens is 2. The molecule has 3 rings (SSSR count). The van der Waals surface area contributed by atoms with E-state index < -0.39 is 0 Å². The molecule has 1 atom stereocenters. The summed E-state index contributed by atoms with van der Waals surface area (Å²) in [7, 11) is 0. The number of pyridine rings is 2. The molecule has 0 saturated carbocycles. The third-order valence-corrected chi connectivity index (χ3v) is 3.83. The number of benzene rings is 1. The van der Waals surface area contributed by atoms with Crippen molar-refractivity contribution in [3.05, 3.63) is 96.1 Å². The Hall–Kier alpha value is -3.01. The molecule has 1 N–H and O–H groups in total. The number of nitrogens with zero attached hydrogens (tertiary/aromatic N) is 2. The van der Waals surface area contributed by atoms with Crippen LogP contribution in [0.5, 0.6) is 0 Å². The molecule has 24 heavy (non-hydrogen) atoms. The summed E-state index contributed by atoms with van der Waals surface area (Å²) < 4.78 is 0. The van der Waals surface area contributed by atoms with E-state index in [0.29, 0.717) is 13.0 Å². The van der Waals surface area contributed by atoms with Crippen molar-refractivity contribution in [3.8, 4) is 0 Å². The van der Waals surface area contributed by atoms with E-state index in [9.17, 15) is 4.79 Å². The fourth-order valence-electron chi connectivity index (χ4n) is 2.58. The highest BCUT2D eigenvalue weighted by atomic mass is 16.1. The number of nitrogens with one attached hydrogen (secondary N) is 1. The maximum absolute atomic E-state index is 12.8. The number of amides is 1. The Kier molecular flexibility index (Phi) is 5.30. The first-order chi connectivity index (χ1) is 11.8. The van der Waals surface area contributed by atoms with E-state index in [0.717, 1.165) is 17.0 Å². The Balaban J connectivity index is 1.75. The van der Waals surface area contributed by atoms with Crippen LogP contribution < -0.4 is 5.32 Å². The van der Waals surface area contributed by atoms with Gasteiger partial charge in [0.1, 0.15) is 0 Å². The molecule has 2 heterocycles. The first-order valence-corrected chi connectivity index (χ1v) is 7.95. The van der Waals surface area contributed by atoms with Gasteiger partial charge in [-0.2, -0.15) is 0 Å². The number of hydrogen-bond acceptors (Lipinski definition) is 3. The summed E-state index contributed by atoms with van der Waals surface area (Å²) in [4.78, 5) is 21.3. The quantitative estimate of drug-likeness (QED) is 0.760. The van der Waals surface area contributed by atoms with E-state index >= 15 is 0 Å². The van der Waals surface area contributed by atoms with E-state index in [1.165, 1.54) is 0 Å². The monoisotopic (exact) mass is 317 g/mol. The molecule has 3 aromatic rings. The van der Waals surface area contributed by atoms with Gasteiger partial charge in [0.25, 0.3) is 0 Å². The normalized spacial score (nSPS) is 11.7. The van der Waals surface area contributed by atoms with Crippen LogP contribution >= 0.6 is 0 Å². The molecule has 0 bridgehead atoms. The molecule has 4 nitrogen and oxygen atoms in total. The molecular formula is C20H19N3O. The Morgan fingerprint density at radius 1 is 0.833 bits per heavy atom. The first-order valence-electron chi connectivity index (χ1n) is 7.95. The number of carbonyl (C=O) groups is 1. The topological polar surface area (TPSA) is 54.9 Å². The van der Waals surface area contributed by atoms with Gasteiger partial charge in [-0.25, -0.2) is 0 Å². The summed E-state index contributed by atoms with van der Waals surface area (Å²) in [5.41, 5.74) is 2.73. The van der Waals surface area contributed by atoms with E-state index in [2.05, 4.69) is 15.3 Å². The maximum Gasteiger partial charge on any atom is 0.228 e. The SMILES string of the molecule is O=C(NCc1ccccn1)C(Cc1ccccn1)c1ccccc1. The zero-order valence-corrected chi connectivity index (χ0v) is 13.3. The van der Waals surface area contributed by atoms with Crippen LogP contribution in [0.4, 0.5) is 0 Å². The van der Waals surface area contributed by atoms with E-state index in [1.807, 2.05) is 66.7 Å². The van der Waals surface area contributed by atoms with Crippen LogP contribution in [0, 0.1) is 0 Å². The highest BCUT2D eigenvalue weighted by molar-refractivity contribution is 5.83. The van der Waals surface area contributed by atoms with Gasteiger partial charge >= 0.3 is 0 Å². The minimum absolute atomic E-state index is 0.0162. The molecule has 0 aliphatic heterocycles. The number of carbonyl (C=O) groups excluding carboxylic acids is 1. The average Bonchev–Trinajstić information content (AvgIpc) is 2.66. The van der Waals surface area contributed by atoms with Crippen LogP contribution in [0.1, 0.15) is 22.9 Å². The molecule has 0 aliphatic carbocycles. The molecule has 0 radical (unpaired) electrons. The van der Waals surface area contributed by atoms with Gasteiger partial charge in [-0.15, -0.1) is 0 Å². The molecule has 2 aromatic heterocycles. The minimum Gasteiger partial charge on any atom is -0.350 e. The lowest BCUT2D eigenvalue weighted by Gasteiger charge is -2.17. The summed E-state index contributed by atoms with van der Waals surface area (Å²) in [6.07, 6.45) is 4.05. The van der Waals surface area contributed by atoms with Crippen LogP contribution in [-0.4, -0.2) is 15.9 Å². The molecule has 1 amide bonds. The van der Waals surface area contributed by atoms with Crippen LogP contribution in [0.25, 0.3) is 0 Å². The lowest BCUT2D eigenvalue weighted by Crippen LogP contribution is -2.30. The molecular weight excluding hydrogens is 298 g/mol. The van der Waals surface area contributed by atoms with Crippen molar-refractivity contribution in [2.24, 2.45) is 0 Å². The molecule has 0 spiro atoms. The van der Waals surface area contributed by atoms with Crippen molar-refractivity contribution in [1.82, 2.24) is 15.3 Å². The second-order valence-electron chi connectivity index (χ2n) is 5.53. The molecule has 0 saturated heterocycles. The standard InChI is InChI=1S/C20H19N3O/c24-20(23-15-18-11-5-7-13-22-18)19(16-8-2-1-3-9-16)14-17-10-4-6-12-21-17/h1-13,19H,14-15H2,(H,23,24). The summed E-state index contributed by atoms with van der Waals surface area (Å²) in [5.74, 6) is -0.290. The number of hydrogen-bond donors (Lipinski definition) is 1. The predicted molar refractivity (Wildman–Crippen MR) is 93.2 cm³/mol. The fraction of sp³-hybridized carbons (Fsp3) is 0.150. The highest BCUT2D eigenvalue weighted by Crippen LogP contribution is 2.20. The molecule has 0 fully saturated rings. The van der Waals surface area contributed by atoms with Gasteiger partial charge in [-0.1, -0.05) is 42.5 Å². The van der Waals surface area contributed by atoms with Gasteiger partial charge in [0.2, 0.25) is 5.91 Å². The van der Waals surface area contributed by atoms with Gasteiger partial charge < -0.3 is 5.32 Å². The van der Waals surface area contributed by atoms with Crippen LogP contribution in [-0.2, 0) is 17.8 Å². The third-order valence-electron chi connectivity index (χ3n) is 3.83. The molecule has 0 aliphatic rings. The smallest absolute Gasteiger partial charge is 0.228 e. The third kappa shape index (κ3) is 4.26. The molecule has 1 unspecified atom stereocenters. The molecule has 120 valence electrons. The van der Waals surface area contributed by atoms with Crippen molar-refractivity contribution in [3.63, 3.8) is 0 Å². The summed E-state index contributed by atoms with van der Waals surface area (Å²) >= 11 is 0. The average molecular weight is 317 g/mol. The van der Waals surface area contributed by atoms with E-state index in [-0.39, 0.29) is 11.8 Å². The zero-order chi connectivity index (χ0) is 16.6. The number of rotatable bonds is 6. The lowest BCUT2D eigenvalue weighted by atomic mass is 9.93. The first kappa shape index (κ1) is 15.9. The van der Waals surface area contributed by atoms with Crippen molar-refractivity contribution < 1.29 is 4.79 Å². The van der Waals surface area contributed by atoms with Gasteiger partial charge in [0.05, 0.1) is 18.2 Å². The van der Waals surface area contributed by atoms with Gasteiger partial charge in [0.15, 0.2) is 0 Å². The fourth-order valence-corrected chi connectivity index (χ4v) is 2.58. The van der Waals surface area contributed by atoms with Crippen LogP contribution in [0.2, 0.25) is 0 Å². The summed E-state index contributed by atoms with van der Waals surface area (Å²) in [6, 6.07) is 21.3. The maximum atomic E-state index is 12.8. The zero-order valence-electron chi connectivity index (χ0n) is 13.3. The lowest BCUT2D eigenvalue weighted by molar-refractivity contribution is -0.122. The van der Waals surface area contributed by atoms with Crippen molar-refractivity contribution in [2.75, 3.05) is 0 Å². The highest BCUT2D eigenvalue weighted by Gasteiger charge is 2.21. The molecule has 1 aromatic carbocycles. The van der Waals surface area contributed by atoms with Crippen LogP contribution in [0.3, 0.4) is 0 Å². The molecule has 4 heteroatoms. The second-order valence-corrected chi connectivity index (χ2v) is 5.53. The Morgan fingerprint density at radius 3 is 2.08 bits per heavy atom. The van der Waals surface area contributed by atoms with Crippen LogP contribution in [0.15, 0.2) is 79.1 Å². The Morgan fingerprint density at radius 2 is 1.46 bits per heavy atom. The summed E-state index contributed by atoms with van der Waals surface area (Å²) in [6.45, 7) is 0.422. The van der Waals surface area contributed by atoms with Gasteiger partial charge in [0, 0.05) is 24.5 Å². The minimum atomic E-state index is -0.273. The predicted octanol–water partition coefficient (Wildman–Crippen LogP) is 3.12. The largest absolute Gasteiger partial charge is 0.350 e. The van der Waals surface area contributed by atoms with E-state index in [4.69, 9.17) is 0 Å². The van der Waals surface area contributed by atoms with Crippen molar-refractivity contribution >= 4 is 5.91 Å².